The first-order chi connectivity index (χ1) is 12.9. The molecule has 0 aliphatic carbocycles. The molecule has 1 aliphatic rings. The van der Waals surface area contributed by atoms with Crippen LogP contribution in [0.1, 0.15) is 17.5 Å². The zero-order valence-corrected chi connectivity index (χ0v) is 15.7. The third-order valence-electron chi connectivity index (χ3n) is 4.80. The van der Waals surface area contributed by atoms with Crippen molar-refractivity contribution in [2.45, 2.75) is 19.8 Å². The van der Waals surface area contributed by atoms with Crippen LogP contribution in [-0.4, -0.2) is 36.8 Å². The number of hydrogen-bond acceptors (Lipinski definition) is 4. The number of aromatic nitrogens is 2. The number of benzene rings is 2. The first-order valence-electron chi connectivity index (χ1n) is 8.77. The molecule has 0 radical (unpaired) electrons. The number of fused-ring (bicyclic) bond motifs is 1. The van der Waals surface area contributed by atoms with Crippen LogP contribution in [0, 0.1) is 6.92 Å². The molecular formula is C19H20N4O3S. The van der Waals surface area contributed by atoms with Crippen LogP contribution < -0.4 is 9.62 Å². The fourth-order valence-electron chi connectivity index (χ4n) is 3.34. The molecule has 0 unspecified atom stereocenters. The average molecular weight is 384 g/mol. The molecule has 1 aliphatic heterocycles. The van der Waals surface area contributed by atoms with Gasteiger partial charge in [0.15, 0.2) is 5.82 Å². The molecule has 2 heterocycles. The molecule has 0 atom stereocenters. The summed E-state index contributed by atoms with van der Waals surface area (Å²) in [6, 6.07) is 13.0. The van der Waals surface area contributed by atoms with Crippen molar-refractivity contribution in [1.82, 2.24) is 10.2 Å². The van der Waals surface area contributed by atoms with Crippen LogP contribution in [-0.2, 0) is 21.2 Å². The summed E-state index contributed by atoms with van der Waals surface area (Å²) < 4.78 is 25.7. The van der Waals surface area contributed by atoms with Crippen molar-refractivity contribution in [3.63, 3.8) is 0 Å². The summed E-state index contributed by atoms with van der Waals surface area (Å²) in [6.45, 7) is 2.44. The molecular weight excluding hydrogens is 364 g/mol. The van der Waals surface area contributed by atoms with Crippen molar-refractivity contribution in [2.75, 3.05) is 21.9 Å². The minimum absolute atomic E-state index is 0.163. The lowest BCUT2D eigenvalue weighted by molar-refractivity contribution is -0.115. The predicted molar refractivity (Wildman–Crippen MR) is 105 cm³/mol. The zero-order chi connectivity index (χ0) is 19.0. The number of sulfonamides is 1. The van der Waals surface area contributed by atoms with Gasteiger partial charge >= 0.3 is 0 Å². The topological polar surface area (TPSA) is 95.2 Å². The van der Waals surface area contributed by atoms with E-state index in [1.165, 1.54) is 4.31 Å². The Labute approximate surface area is 157 Å². The van der Waals surface area contributed by atoms with Crippen molar-refractivity contribution in [2.24, 2.45) is 0 Å². The highest BCUT2D eigenvalue weighted by atomic mass is 32.2. The Morgan fingerprint density at radius 3 is 2.81 bits per heavy atom. The molecule has 2 aromatic carbocycles. The zero-order valence-electron chi connectivity index (χ0n) is 14.9. The van der Waals surface area contributed by atoms with Crippen LogP contribution in [0.4, 0.5) is 11.5 Å². The van der Waals surface area contributed by atoms with E-state index in [2.05, 4.69) is 15.5 Å². The highest BCUT2D eigenvalue weighted by molar-refractivity contribution is 7.93. The van der Waals surface area contributed by atoms with E-state index in [1.54, 1.807) is 18.2 Å². The van der Waals surface area contributed by atoms with Crippen LogP contribution in [0.25, 0.3) is 10.9 Å². The largest absolute Gasteiger partial charge is 0.308 e. The van der Waals surface area contributed by atoms with E-state index in [9.17, 15) is 13.2 Å². The Kier molecular flexibility index (Phi) is 4.35. The third kappa shape index (κ3) is 3.40. The average Bonchev–Trinajstić information content (AvgIpc) is 3.19. The van der Waals surface area contributed by atoms with Gasteiger partial charge in [0.25, 0.3) is 0 Å². The number of nitrogens with zero attached hydrogens (tertiary/aromatic N) is 2. The number of anilines is 2. The second-order valence-electron chi connectivity index (χ2n) is 6.70. The van der Waals surface area contributed by atoms with Gasteiger partial charge in [0.1, 0.15) is 0 Å². The molecule has 0 saturated carbocycles. The van der Waals surface area contributed by atoms with Crippen LogP contribution >= 0.6 is 0 Å². The number of nitrogens with one attached hydrogen (secondary N) is 2. The van der Waals surface area contributed by atoms with Gasteiger partial charge in [0, 0.05) is 11.9 Å². The Hall–Kier alpha value is -2.87. The molecule has 8 heteroatoms. The maximum Gasteiger partial charge on any atom is 0.235 e. The fourth-order valence-corrected chi connectivity index (χ4v) is 4.90. The minimum atomic E-state index is -3.26. The Bertz CT molecular complexity index is 1120. The Balaban J connectivity index is 1.60. The van der Waals surface area contributed by atoms with Gasteiger partial charge < -0.3 is 5.32 Å². The van der Waals surface area contributed by atoms with E-state index >= 15 is 0 Å². The predicted octanol–water partition coefficient (Wildman–Crippen LogP) is 2.59. The highest BCUT2D eigenvalue weighted by Crippen LogP contribution is 2.30. The van der Waals surface area contributed by atoms with Crippen molar-refractivity contribution >= 4 is 38.3 Å². The maximum absolute atomic E-state index is 12.4. The molecule has 140 valence electrons. The lowest BCUT2D eigenvalue weighted by Gasteiger charge is -2.16. The number of amides is 1. The Morgan fingerprint density at radius 2 is 2.07 bits per heavy atom. The van der Waals surface area contributed by atoms with Gasteiger partial charge in [-0.1, -0.05) is 24.3 Å². The molecule has 7 nitrogen and oxygen atoms in total. The molecule has 1 aromatic heterocycles. The van der Waals surface area contributed by atoms with E-state index in [0.717, 1.165) is 16.6 Å². The number of carbonyl (C=O) groups excluding carboxylic acids is 1. The number of hydrogen-bond donors (Lipinski definition) is 2. The van der Waals surface area contributed by atoms with Gasteiger partial charge in [-0.25, -0.2) is 8.42 Å². The van der Waals surface area contributed by atoms with Gasteiger partial charge in [-0.3, -0.25) is 14.2 Å². The number of H-pyrrole nitrogens is 1. The van der Waals surface area contributed by atoms with Crippen molar-refractivity contribution in [3.05, 3.63) is 53.6 Å². The summed E-state index contributed by atoms with van der Waals surface area (Å²) >= 11 is 0. The second-order valence-corrected chi connectivity index (χ2v) is 8.71. The number of aromatic amines is 1. The molecule has 1 saturated heterocycles. The molecule has 1 fully saturated rings. The van der Waals surface area contributed by atoms with Crippen LogP contribution in [0.2, 0.25) is 0 Å². The van der Waals surface area contributed by atoms with Crippen molar-refractivity contribution in [1.29, 1.82) is 0 Å². The summed E-state index contributed by atoms with van der Waals surface area (Å²) in [5.74, 6) is 0.398. The lowest BCUT2D eigenvalue weighted by Crippen LogP contribution is -2.24. The Morgan fingerprint density at radius 1 is 1.26 bits per heavy atom. The quantitative estimate of drug-likeness (QED) is 0.723. The molecule has 3 aromatic rings. The molecule has 2 N–H and O–H groups in total. The van der Waals surface area contributed by atoms with E-state index < -0.39 is 10.0 Å². The molecule has 27 heavy (non-hydrogen) atoms. The lowest BCUT2D eigenvalue weighted by atomic mass is 10.1. The van der Waals surface area contributed by atoms with Crippen LogP contribution in [0.15, 0.2) is 42.5 Å². The maximum atomic E-state index is 12.4. The van der Waals surface area contributed by atoms with Crippen LogP contribution in [0.5, 0.6) is 0 Å². The number of aryl methyl sites for hydroxylation is 1. The molecule has 1 amide bonds. The first kappa shape index (κ1) is 17.5. The van der Waals surface area contributed by atoms with E-state index in [-0.39, 0.29) is 18.1 Å². The van der Waals surface area contributed by atoms with Gasteiger partial charge in [-0.2, -0.15) is 5.10 Å². The standard InChI is InChI=1S/C19H20N4O3S/c1-13-5-2-3-6-14(13)11-18(24)20-19-16-12-15(7-8-17(16)21-22-19)23-9-4-10-27(23,25)26/h2-3,5-8,12H,4,9-11H2,1H3,(H2,20,21,22,24). The second kappa shape index (κ2) is 6.70. The minimum Gasteiger partial charge on any atom is -0.308 e. The van der Waals surface area contributed by atoms with Gasteiger partial charge in [-0.15, -0.1) is 0 Å². The smallest absolute Gasteiger partial charge is 0.235 e. The monoisotopic (exact) mass is 384 g/mol. The number of rotatable bonds is 4. The van der Waals surface area contributed by atoms with Crippen LogP contribution in [0.3, 0.4) is 0 Å². The summed E-state index contributed by atoms with van der Waals surface area (Å²) in [5, 5.41) is 10.6. The fraction of sp³-hybridized carbons (Fsp3) is 0.263. The van der Waals surface area contributed by atoms with E-state index in [0.29, 0.717) is 29.9 Å². The molecule has 0 bridgehead atoms. The van der Waals surface area contributed by atoms with Gasteiger partial charge in [0.05, 0.1) is 23.4 Å². The normalized spacial score (nSPS) is 16.0. The van der Waals surface area contributed by atoms with Gasteiger partial charge in [0.2, 0.25) is 15.9 Å². The summed E-state index contributed by atoms with van der Waals surface area (Å²) in [4.78, 5) is 12.4. The molecule has 0 spiro atoms. The van der Waals surface area contributed by atoms with E-state index in [4.69, 9.17) is 0 Å². The summed E-state index contributed by atoms with van der Waals surface area (Å²) in [5.41, 5.74) is 3.34. The summed E-state index contributed by atoms with van der Waals surface area (Å²) in [7, 11) is -3.26. The van der Waals surface area contributed by atoms with Crippen molar-refractivity contribution < 1.29 is 13.2 Å². The SMILES string of the molecule is Cc1ccccc1CC(=O)Nc1n[nH]c2ccc(N3CCCS3(=O)=O)cc12. The highest BCUT2D eigenvalue weighted by Gasteiger charge is 2.28. The van der Waals surface area contributed by atoms with E-state index in [1.807, 2.05) is 31.2 Å². The summed E-state index contributed by atoms with van der Waals surface area (Å²) in [6.07, 6.45) is 0.868. The number of carbonyl (C=O) groups is 1. The third-order valence-corrected chi connectivity index (χ3v) is 6.67. The van der Waals surface area contributed by atoms with Crippen molar-refractivity contribution in [3.8, 4) is 0 Å². The van der Waals surface area contributed by atoms with Gasteiger partial charge in [-0.05, 0) is 42.7 Å². The molecule has 4 rings (SSSR count). The first-order valence-corrected chi connectivity index (χ1v) is 10.4.